The monoisotopic (exact) mass is 444 g/mol. The Labute approximate surface area is 192 Å². The minimum atomic E-state index is -0.122. The van der Waals surface area contributed by atoms with E-state index in [0.29, 0.717) is 5.82 Å². The first kappa shape index (κ1) is 20.9. The molecule has 1 fully saturated rings. The lowest BCUT2D eigenvalue weighted by Gasteiger charge is -2.39. The fourth-order valence-electron chi connectivity index (χ4n) is 4.52. The Kier molecular flexibility index (Phi) is 5.79. The van der Waals surface area contributed by atoms with Crippen LogP contribution < -0.4 is 5.73 Å². The van der Waals surface area contributed by atoms with Crippen LogP contribution in [0.4, 0.5) is 5.82 Å². The quantitative estimate of drug-likeness (QED) is 0.459. The molecule has 1 aliphatic rings. The van der Waals surface area contributed by atoms with E-state index in [1.807, 2.05) is 30.3 Å². The van der Waals surface area contributed by atoms with Crippen LogP contribution in [0.3, 0.4) is 0 Å². The SMILES string of the molecule is Nc1ccc2cc(CN3CCN(Cc4ccc5cc(Cl)ccc5c4)CC3C=O)ccc2n1. The van der Waals surface area contributed by atoms with Gasteiger partial charge in [0.25, 0.3) is 0 Å². The number of anilines is 1. The third kappa shape index (κ3) is 4.46. The number of carbonyl (C=O) groups excluding carboxylic acids is 1. The Bertz CT molecular complexity index is 1290. The summed E-state index contributed by atoms with van der Waals surface area (Å²) in [6, 6.07) is 22.3. The van der Waals surface area contributed by atoms with E-state index in [9.17, 15) is 4.79 Å². The summed E-state index contributed by atoms with van der Waals surface area (Å²) in [7, 11) is 0. The molecular formula is C26H25ClN4O. The van der Waals surface area contributed by atoms with Crippen molar-refractivity contribution in [3.8, 4) is 0 Å². The number of hydrogen-bond acceptors (Lipinski definition) is 5. The summed E-state index contributed by atoms with van der Waals surface area (Å²) in [4.78, 5) is 20.9. The second-order valence-corrected chi connectivity index (χ2v) is 8.93. The summed E-state index contributed by atoms with van der Waals surface area (Å²) in [6.45, 7) is 4.08. The van der Waals surface area contributed by atoms with Crippen molar-refractivity contribution in [3.63, 3.8) is 0 Å². The molecule has 162 valence electrons. The number of carbonyl (C=O) groups is 1. The highest BCUT2D eigenvalue weighted by Crippen LogP contribution is 2.23. The molecule has 1 aliphatic heterocycles. The predicted molar refractivity (Wildman–Crippen MR) is 131 cm³/mol. The molecule has 4 aromatic rings. The summed E-state index contributed by atoms with van der Waals surface area (Å²) in [5.74, 6) is 0.526. The van der Waals surface area contributed by atoms with Gasteiger partial charge in [-0.2, -0.15) is 0 Å². The van der Waals surface area contributed by atoms with Gasteiger partial charge in [-0.05, 0) is 64.4 Å². The lowest BCUT2D eigenvalue weighted by Crippen LogP contribution is -2.53. The molecule has 5 nitrogen and oxygen atoms in total. The zero-order chi connectivity index (χ0) is 22.1. The summed E-state index contributed by atoms with van der Waals surface area (Å²) < 4.78 is 0. The third-order valence-corrected chi connectivity index (χ3v) is 6.44. The maximum Gasteiger partial charge on any atom is 0.138 e. The van der Waals surface area contributed by atoms with Crippen LogP contribution in [-0.4, -0.2) is 46.7 Å². The summed E-state index contributed by atoms with van der Waals surface area (Å²) in [5.41, 5.74) is 9.10. The number of nitrogens with two attached hydrogens (primary N) is 1. The van der Waals surface area contributed by atoms with Crippen molar-refractivity contribution < 1.29 is 4.79 Å². The largest absolute Gasteiger partial charge is 0.384 e. The lowest BCUT2D eigenvalue weighted by molar-refractivity contribution is -0.115. The zero-order valence-electron chi connectivity index (χ0n) is 17.7. The molecule has 0 amide bonds. The molecule has 1 saturated heterocycles. The molecule has 3 aromatic carbocycles. The number of nitrogen functional groups attached to an aromatic ring is 1. The van der Waals surface area contributed by atoms with Crippen LogP contribution in [0.1, 0.15) is 11.1 Å². The predicted octanol–water partition coefficient (Wildman–Crippen LogP) is 4.51. The summed E-state index contributed by atoms with van der Waals surface area (Å²) in [5, 5.41) is 4.15. The average molecular weight is 445 g/mol. The molecule has 5 rings (SSSR count). The topological polar surface area (TPSA) is 62.5 Å². The van der Waals surface area contributed by atoms with E-state index in [-0.39, 0.29) is 6.04 Å². The molecule has 2 heterocycles. The van der Waals surface area contributed by atoms with Gasteiger partial charge in [-0.1, -0.05) is 35.9 Å². The van der Waals surface area contributed by atoms with E-state index in [1.54, 1.807) is 0 Å². The van der Waals surface area contributed by atoms with Crippen LogP contribution in [0.5, 0.6) is 0 Å². The number of halogens is 1. The Morgan fingerprint density at radius 1 is 0.906 bits per heavy atom. The highest BCUT2D eigenvalue weighted by molar-refractivity contribution is 6.31. The second kappa shape index (κ2) is 8.87. The molecule has 0 aliphatic carbocycles. The van der Waals surface area contributed by atoms with E-state index in [2.05, 4.69) is 51.2 Å². The minimum Gasteiger partial charge on any atom is -0.384 e. The molecule has 0 saturated carbocycles. The van der Waals surface area contributed by atoms with Gasteiger partial charge >= 0.3 is 0 Å². The maximum atomic E-state index is 11.9. The molecule has 0 bridgehead atoms. The summed E-state index contributed by atoms with van der Waals surface area (Å²) in [6.07, 6.45) is 1.08. The van der Waals surface area contributed by atoms with Gasteiger partial charge in [0, 0.05) is 43.1 Å². The second-order valence-electron chi connectivity index (χ2n) is 8.50. The molecule has 1 atom stereocenters. The van der Waals surface area contributed by atoms with Crippen molar-refractivity contribution in [2.45, 2.75) is 19.1 Å². The number of nitrogens with zero attached hydrogens (tertiary/aromatic N) is 3. The van der Waals surface area contributed by atoms with Crippen LogP contribution in [-0.2, 0) is 17.9 Å². The normalized spacial score (nSPS) is 17.7. The number of hydrogen-bond donors (Lipinski definition) is 1. The van der Waals surface area contributed by atoms with Crippen LogP contribution >= 0.6 is 11.6 Å². The lowest BCUT2D eigenvalue weighted by atomic mass is 10.1. The molecule has 0 radical (unpaired) electrons. The van der Waals surface area contributed by atoms with Gasteiger partial charge in [-0.3, -0.25) is 9.80 Å². The molecule has 1 unspecified atom stereocenters. The van der Waals surface area contributed by atoms with E-state index in [1.165, 1.54) is 16.5 Å². The highest BCUT2D eigenvalue weighted by Gasteiger charge is 2.26. The Balaban J connectivity index is 1.26. The smallest absolute Gasteiger partial charge is 0.138 e. The number of aldehydes is 1. The molecule has 0 spiro atoms. The zero-order valence-corrected chi connectivity index (χ0v) is 18.5. The van der Waals surface area contributed by atoms with Crippen molar-refractivity contribution in [3.05, 3.63) is 82.9 Å². The van der Waals surface area contributed by atoms with Crippen molar-refractivity contribution in [2.75, 3.05) is 25.4 Å². The molecular weight excluding hydrogens is 420 g/mol. The molecule has 2 N–H and O–H groups in total. The van der Waals surface area contributed by atoms with Crippen LogP contribution in [0.2, 0.25) is 5.02 Å². The van der Waals surface area contributed by atoms with E-state index in [4.69, 9.17) is 17.3 Å². The Morgan fingerprint density at radius 2 is 1.62 bits per heavy atom. The van der Waals surface area contributed by atoms with Crippen LogP contribution in [0.15, 0.2) is 66.7 Å². The molecule has 32 heavy (non-hydrogen) atoms. The van der Waals surface area contributed by atoms with E-state index >= 15 is 0 Å². The number of rotatable bonds is 5. The third-order valence-electron chi connectivity index (χ3n) is 6.21. The number of fused-ring (bicyclic) bond motifs is 2. The number of piperazine rings is 1. The van der Waals surface area contributed by atoms with Crippen molar-refractivity contribution in [1.29, 1.82) is 0 Å². The average Bonchev–Trinajstić information content (AvgIpc) is 2.80. The highest BCUT2D eigenvalue weighted by atomic mass is 35.5. The first-order valence-corrected chi connectivity index (χ1v) is 11.2. The van der Waals surface area contributed by atoms with Crippen molar-refractivity contribution in [1.82, 2.24) is 14.8 Å². The maximum absolute atomic E-state index is 11.9. The molecule has 6 heteroatoms. The van der Waals surface area contributed by atoms with Gasteiger partial charge in [0.1, 0.15) is 12.1 Å². The Hall–Kier alpha value is -2.99. The fourth-order valence-corrected chi connectivity index (χ4v) is 4.70. The molecule has 1 aromatic heterocycles. The first-order valence-electron chi connectivity index (χ1n) is 10.8. The first-order chi connectivity index (χ1) is 15.6. The summed E-state index contributed by atoms with van der Waals surface area (Å²) >= 11 is 6.10. The minimum absolute atomic E-state index is 0.122. The van der Waals surface area contributed by atoms with Gasteiger partial charge < -0.3 is 10.5 Å². The van der Waals surface area contributed by atoms with Gasteiger partial charge in [0.15, 0.2) is 0 Å². The van der Waals surface area contributed by atoms with Gasteiger partial charge in [0.05, 0.1) is 11.6 Å². The van der Waals surface area contributed by atoms with Gasteiger partial charge in [-0.25, -0.2) is 4.98 Å². The van der Waals surface area contributed by atoms with Crippen LogP contribution in [0.25, 0.3) is 21.7 Å². The number of benzene rings is 3. The van der Waals surface area contributed by atoms with Gasteiger partial charge in [-0.15, -0.1) is 0 Å². The van der Waals surface area contributed by atoms with E-state index in [0.717, 1.165) is 60.3 Å². The number of aromatic nitrogens is 1. The fraction of sp³-hybridized carbons (Fsp3) is 0.231. The van der Waals surface area contributed by atoms with Crippen LogP contribution in [0, 0.1) is 0 Å². The van der Waals surface area contributed by atoms with Crippen molar-refractivity contribution >= 4 is 45.4 Å². The Morgan fingerprint density at radius 3 is 2.50 bits per heavy atom. The standard InChI is InChI=1S/C26H25ClN4O/c27-23-6-4-20-11-18(1-3-21(20)13-23)14-30-9-10-31(24(16-30)17-32)15-19-2-7-25-22(12-19)5-8-26(28)29-25/h1-8,11-13,17,24H,9-10,14-16H2,(H2,28,29). The number of pyridine rings is 1. The van der Waals surface area contributed by atoms with E-state index < -0.39 is 0 Å². The van der Waals surface area contributed by atoms with Gasteiger partial charge in [0.2, 0.25) is 0 Å². The van der Waals surface area contributed by atoms with Crippen molar-refractivity contribution in [2.24, 2.45) is 0 Å².